The lowest BCUT2D eigenvalue weighted by Gasteiger charge is -2.16. The van der Waals surface area contributed by atoms with Crippen molar-refractivity contribution in [1.82, 2.24) is 9.97 Å². The standard InChI is InChI=1S/C20H20N4O2/c1-10-7-8-16(25)12(3)17(10)13-9-15(14-6-4-5-11(2)23-14)24-19(18(13)21)20(22)26/h4-9,25H,21H2,1-3H3,(H2,22,26). The molecule has 0 unspecified atom stereocenters. The van der Waals surface area contributed by atoms with Crippen LogP contribution in [0.1, 0.15) is 27.3 Å². The van der Waals surface area contributed by atoms with E-state index >= 15 is 0 Å². The van der Waals surface area contributed by atoms with Gasteiger partial charge in [-0.25, -0.2) is 4.98 Å². The second-order valence-electron chi connectivity index (χ2n) is 6.25. The van der Waals surface area contributed by atoms with Gasteiger partial charge in [0.05, 0.1) is 17.1 Å². The largest absolute Gasteiger partial charge is 0.508 e. The van der Waals surface area contributed by atoms with Crippen LogP contribution >= 0.6 is 0 Å². The first-order chi connectivity index (χ1) is 12.3. The average Bonchev–Trinajstić information content (AvgIpc) is 2.59. The number of nitrogens with two attached hydrogens (primary N) is 2. The van der Waals surface area contributed by atoms with Crippen LogP contribution in [-0.4, -0.2) is 21.0 Å². The number of primary amides is 1. The normalized spacial score (nSPS) is 10.7. The molecule has 2 heterocycles. The number of rotatable bonds is 3. The highest BCUT2D eigenvalue weighted by molar-refractivity contribution is 6.01. The van der Waals surface area contributed by atoms with Crippen molar-refractivity contribution < 1.29 is 9.90 Å². The van der Waals surface area contributed by atoms with E-state index in [1.807, 2.05) is 32.0 Å². The first kappa shape index (κ1) is 17.4. The third-order valence-electron chi connectivity index (χ3n) is 4.36. The number of phenolic OH excluding ortho intramolecular Hbond substituents is 1. The molecule has 0 aliphatic rings. The number of hydrogen-bond donors (Lipinski definition) is 3. The number of pyridine rings is 2. The number of carbonyl (C=O) groups is 1. The lowest BCUT2D eigenvalue weighted by atomic mass is 9.92. The van der Waals surface area contributed by atoms with Crippen LogP contribution in [0.5, 0.6) is 5.75 Å². The summed E-state index contributed by atoms with van der Waals surface area (Å²) in [7, 11) is 0. The molecule has 0 atom stereocenters. The molecule has 0 aliphatic carbocycles. The lowest BCUT2D eigenvalue weighted by Crippen LogP contribution is -2.17. The van der Waals surface area contributed by atoms with Crippen LogP contribution < -0.4 is 11.5 Å². The fourth-order valence-electron chi connectivity index (χ4n) is 3.02. The molecule has 0 saturated carbocycles. The minimum absolute atomic E-state index is 0.0112. The molecule has 132 valence electrons. The summed E-state index contributed by atoms with van der Waals surface area (Å²) >= 11 is 0. The second kappa shape index (κ2) is 6.48. The number of amides is 1. The number of benzene rings is 1. The van der Waals surface area contributed by atoms with Crippen molar-refractivity contribution in [2.24, 2.45) is 5.73 Å². The molecule has 3 aromatic rings. The number of aryl methyl sites for hydroxylation is 2. The van der Waals surface area contributed by atoms with E-state index in [9.17, 15) is 9.90 Å². The summed E-state index contributed by atoms with van der Waals surface area (Å²) < 4.78 is 0. The van der Waals surface area contributed by atoms with Gasteiger partial charge in [0.1, 0.15) is 5.75 Å². The van der Waals surface area contributed by atoms with Crippen LogP contribution in [0, 0.1) is 20.8 Å². The molecule has 2 aromatic heterocycles. The summed E-state index contributed by atoms with van der Waals surface area (Å²) in [4.78, 5) is 20.7. The molecule has 1 amide bonds. The molecule has 3 rings (SSSR count). The summed E-state index contributed by atoms with van der Waals surface area (Å²) in [5.41, 5.74) is 16.7. The average molecular weight is 348 g/mol. The van der Waals surface area contributed by atoms with Gasteiger partial charge in [-0.3, -0.25) is 9.78 Å². The lowest BCUT2D eigenvalue weighted by molar-refractivity contribution is 0.0996. The van der Waals surface area contributed by atoms with Gasteiger partial charge in [-0.05, 0) is 61.7 Å². The van der Waals surface area contributed by atoms with E-state index in [0.29, 0.717) is 22.5 Å². The zero-order chi connectivity index (χ0) is 19.0. The maximum absolute atomic E-state index is 11.9. The fraction of sp³-hybridized carbons (Fsp3) is 0.150. The number of carbonyl (C=O) groups excluding carboxylic acids is 1. The Morgan fingerprint density at radius 1 is 1.04 bits per heavy atom. The van der Waals surface area contributed by atoms with Gasteiger partial charge in [-0.15, -0.1) is 0 Å². The Balaban J connectivity index is 2.36. The molecule has 26 heavy (non-hydrogen) atoms. The SMILES string of the molecule is Cc1cccc(-c2cc(-c3c(C)ccc(O)c3C)c(N)c(C(N)=O)n2)n1. The van der Waals surface area contributed by atoms with E-state index in [1.165, 1.54) is 0 Å². The number of aromatic nitrogens is 2. The Morgan fingerprint density at radius 3 is 2.42 bits per heavy atom. The van der Waals surface area contributed by atoms with Crippen molar-refractivity contribution in [2.75, 3.05) is 5.73 Å². The maximum atomic E-state index is 11.9. The molecule has 6 nitrogen and oxygen atoms in total. The molecule has 0 radical (unpaired) electrons. The van der Waals surface area contributed by atoms with E-state index in [4.69, 9.17) is 11.5 Å². The van der Waals surface area contributed by atoms with E-state index in [1.54, 1.807) is 25.1 Å². The molecule has 1 aromatic carbocycles. The van der Waals surface area contributed by atoms with Crippen molar-refractivity contribution in [3.8, 4) is 28.3 Å². The van der Waals surface area contributed by atoms with Crippen LogP contribution in [0.25, 0.3) is 22.5 Å². The number of nitrogen functional groups attached to an aromatic ring is 1. The van der Waals surface area contributed by atoms with Gasteiger partial charge in [0.2, 0.25) is 0 Å². The zero-order valence-electron chi connectivity index (χ0n) is 14.9. The van der Waals surface area contributed by atoms with Gasteiger partial charge >= 0.3 is 0 Å². The fourth-order valence-corrected chi connectivity index (χ4v) is 3.02. The van der Waals surface area contributed by atoms with Gasteiger partial charge < -0.3 is 16.6 Å². The minimum atomic E-state index is -0.714. The van der Waals surface area contributed by atoms with Gasteiger partial charge in [-0.1, -0.05) is 12.1 Å². The van der Waals surface area contributed by atoms with Crippen molar-refractivity contribution in [3.05, 3.63) is 58.9 Å². The van der Waals surface area contributed by atoms with Gasteiger partial charge in [0.25, 0.3) is 5.91 Å². The Labute approximate surface area is 151 Å². The van der Waals surface area contributed by atoms with Gasteiger partial charge in [0.15, 0.2) is 5.69 Å². The number of anilines is 1. The van der Waals surface area contributed by atoms with Gasteiger partial charge in [-0.2, -0.15) is 0 Å². The molecule has 0 fully saturated rings. The third kappa shape index (κ3) is 2.97. The summed E-state index contributed by atoms with van der Waals surface area (Å²) in [6, 6.07) is 10.8. The van der Waals surface area contributed by atoms with E-state index in [2.05, 4.69) is 9.97 Å². The smallest absolute Gasteiger partial charge is 0.269 e. The van der Waals surface area contributed by atoms with Crippen molar-refractivity contribution in [2.45, 2.75) is 20.8 Å². The highest BCUT2D eigenvalue weighted by Crippen LogP contribution is 2.38. The molecule has 6 heteroatoms. The quantitative estimate of drug-likeness (QED) is 0.672. The monoisotopic (exact) mass is 348 g/mol. The summed E-state index contributed by atoms with van der Waals surface area (Å²) in [5, 5.41) is 10.1. The number of aromatic hydroxyl groups is 1. The first-order valence-electron chi connectivity index (χ1n) is 8.13. The van der Waals surface area contributed by atoms with Crippen LogP contribution in [-0.2, 0) is 0 Å². The molecule has 0 saturated heterocycles. The predicted octanol–water partition coefficient (Wildman–Crippen LogP) is 3.12. The highest BCUT2D eigenvalue weighted by atomic mass is 16.3. The molecular formula is C20H20N4O2. The molecule has 0 aliphatic heterocycles. The molecule has 0 spiro atoms. The van der Waals surface area contributed by atoms with Crippen LogP contribution in [0.15, 0.2) is 36.4 Å². The van der Waals surface area contributed by atoms with E-state index in [0.717, 1.165) is 16.8 Å². The Morgan fingerprint density at radius 2 is 1.77 bits per heavy atom. The van der Waals surface area contributed by atoms with Crippen LogP contribution in [0.4, 0.5) is 5.69 Å². The maximum Gasteiger partial charge on any atom is 0.269 e. The number of nitrogens with zero attached hydrogens (tertiary/aromatic N) is 2. The Kier molecular flexibility index (Phi) is 4.34. The van der Waals surface area contributed by atoms with Gasteiger partial charge in [0, 0.05) is 11.3 Å². The zero-order valence-corrected chi connectivity index (χ0v) is 14.9. The minimum Gasteiger partial charge on any atom is -0.508 e. The van der Waals surface area contributed by atoms with Crippen molar-refractivity contribution in [3.63, 3.8) is 0 Å². The number of phenols is 1. The van der Waals surface area contributed by atoms with E-state index < -0.39 is 5.91 Å². The predicted molar refractivity (Wildman–Crippen MR) is 102 cm³/mol. The topological polar surface area (TPSA) is 115 Å². The Bertz CT molecular complexity index is 1030. The van der Waals surface area contributed by atoms with Crippen molar-refractivity contribution in [1.29, 1.82) is 0 Å². The molecule has 0 bridgehead atoms. The van der Waals surface area contributed by atoms with Crippen molar-refractivity contribution >= 4 is 11.6 Å². The van der Waals surface area contributed by atoms with E-state index in [-0.39, 0.29) is 17.1 Å². The second-order valence-corrected chi connectivity index (χ2v) is 6.25. The summed E-state index contributed by atoms with van der Waals surface area (Å²) in [6.07, 6.45) is 0. The number of hydrogen-bond acceptors (Lipinski definition) is 5. The highest BCUT2D eigenvalue weighted by Gasteiger charge is 2.20. The molecular weight excluding hydrogens is 328 g/mol. The summed E-state index contributed by atoms with van der Waals surface area (Å²) in [5.74, 6) is -0.564. The van der Waals surface area contributed by atoms with Crippen LogP contribution in [0.2, 0.25) is 0 Å². The Hall–Kier alpha value is -3.41. The molecule has 5 N–H and O–H groups in total. The third-order valence-corrected chi connectivity index (χ3v) is 4.36. The van der Waals surface area contributed by atoms with Crippen LogP contribution in [0.3, 0.4) is 0 Å². The first-order valence-corrected chi connectivity index (χ1v) is 8.13. The summed E-state index contributed by atoms with van der Waals surface area (Å²) in [6.45, 7) is 5.59.